The van der Waals surface area contributed by atoms with Gasteiger partial charge in [0.25, 0.3) is 5.91 Å². The molecule has 2 aromatic rings. The highest BCUT2D eigenvalue weighted by Crippen LogP contribution is 2.30. The van der Waals surface area contributed by atoms with Crippen LogP contribution in [-0.2, 0) is 6.54 Å². The number of carbonyl (C=O) groups excluding carboxylic acids is 1. The first-order chi connectivity index (χ1) is 13.1. The number of methoxy groups -OCH3 is 2. The van der Waals surface area contributed by atoms with Gasteiger partial charge in [0.1, 0.15) is 11.5 Å². The van der Waals surface area contributed by atoms with Gasteiger partial charge in [0.05, 0.1) is 14.2 Å². The minimum Gasteiger partial charge on any atom is -0.496 e. The topological polar surface area (TPSA) is 50.8 Å². The molecule has 144 valence electrons. The van der Waals surface area contributed by atoms with Gasteiger partial charge in [-0.1, -0.05) is 18.2 Å². The molecule has 3 rings (SSSR count). The van der Waals surface area contributed by atoms with Crippen molar-refractivity contribution in [1.82, 2.24) is 4.90 Å². The van der Waals surface area contributed by atoms with Crippen LogP contribution in [0.2, 0.25) is 0 Å². The van der Waals surface area contributed by atoms with Crippen molar-refractivity contribution in [2.75, 3.05) is 44.1 Å². The number of rotatable bonds is 6. The second kappa shape index (κ2) is 9.15. The molecule has 0 bridgehead atoms. The lowest BCUT2D eigenvalue weighted by atomic mass is 10.1. The number of hydrogen-bond acceptors (Lipinski definition) is 5. The van der Waals surface area contributed by atoms with Crippen LogP contribution in [0.1, 0.15) is 21.5 Å². The number of thioether (sulfide) groups is 1. The predicted molar refractivity (Wildman–Crippen MR) is 111 cm³/mol. The summed E-state index contributed by atoms with van der Waals surface area (Å²) in [5, 5.41) is 3.06. The summed E-state index contributed by atoms with van der Waals surface area (Å²) < 4.78 is 10.8. The van der Waals surface area contributed by atoms with E-state index < -0.39 is 0 Å². The Hall–Kier alpha value is -2.18. The number of hydrogen-bond donors (Lipinski definition) is 1. The van der Waals surface area contributed by atoms with Crippen molar-refractivity contribution >= 4 is 23.4 Å². The van der Waals surface area contributed by atoms with Crippen LogP contribution in [-0.4, -0.2) is 49.6 Å². The lowest BCUT2D eigenvalue weighted by Gasteiger charge is -2.27. The summed E-state index contributed by atoms with van der Waals surface area (Å²) in [5.74, 6) is 3.43. The normalized spacial score (nSPS) is 14.6. The van der Waals surface area contributed by atoms with Crippen LogP contribution in [0.5, 0.6) is 11.5 Å². The van der Waals surface area contributed by atoms with Crippen LogP contribution in [0.15, 0.2) is 36.4 Å². The maximum atomic E-state index is 12.9. The molecule has 2 aromatic carbocycles. The molecular weight excluding hydrogens is 360 g/mol. The molecule has 0 aliphatic carbocycles. The molecule has 1 aliphatic rings. The number of nitrogens with one attached hydrogen (secondary N) is 1. The molecule has 0 saturated carbocycles. The molecule has 6 heteroatoms. The molecule has 0 aromatic heterocycles. The summed E-state index contributed by atoms with van der Waals surface area (Å²) in [7, 11) is 3.19. The van der Waals surface area contributed by atoms with Gasteiger partial charge in [-0.25, -0.2) is 0 Å². The van der Waals surface area contributed by atoms with Crippen molar-refractivity contribution in [2.45, 2.75) is 13.5 Å². The van der Waals surface area contributed by atoms with Gasteiger partial charge in [0.15, 0.2) is 0 Å². The third kappa shape index (κ3) is 4.76. The number of ether oxygens (including phenoxy) is 2. The monoisotopic (exact) mass is 386 g/mol. The number of anilines is 1. The molecular formula is C21H26N2O3S. The number of carbonyl (C=O) groups is 1. The van der Waals surface area contributed by atoms with Crippen molar-refractivity contribution in [3.63, 3.8) is 0 Å². The first-order valence-corrected chi connectivity index (χ1v) is 10.2. The fraction of sp³-hybridized carbons (Fsp3) is 0.381. The summed E-state index contributed by atoms with van der Waals surface area (Å²) in [6, 6.07) is 11.5. The fourth-order valence-corrected chi connectivity index (χ4v) is 4.17. The van der Waals surface area contributed by atoms with Crippen molar-refractivity contribution in [2.24, 2.45) is 0 Å². The molecule has 1 aliphatic heterocycles. The molecule has 0 unspecified atom stereocenters. The van der Waals surface area contributed by atoms with Gasteiger partial charge in [-0.2, -0.15) is 11.8 Å². The van der Waals surface area contributed by atoms with Crippen LogP contribution in [0, 0.1) is 6.92 Å². The van der Waals surface area contributed by atoms with Crippen LogP contribution < -0.4 is 14.8 Å². The summed E-state index contributed by atoms with van der Waals surface area (Å²) in [6.45, 7) is 4.92. The molecule has 1 heterocycles. The molecule has 1 N–H and O–H groups in total. The zero-order valence-electron chi connectivity index (χ0n) is 16.1. The molecule has 0 atom stereocenters. The highest BCUT2D eigenvalue weighted by Gasteiger charge is 2.16. The third-order valence-corrected chi connectivity index (χ3v) is 5.72. The molecule has 1 amide bonds. The summed E-state index contributed by atoms with van der Waals surface area (Å²) in [4.78, 5) is 15.3. The average Bonchev–Trinajstić information content (AvgIpc) is 2.70. The number of para-hydroxylation sites is 1. The number of nitrogens with zero attached hydrogens (tertiary/aromatic N) is 1. The Balaban J connectivity index is 1.80. The largest absolute Gasteiger partial charge is 0.496 e. The Kier molecular flexibility index (Phi) is 6.63. The minimum atomic E-state index is -0.173. The molecule has 0 spiro atoms. The zero-order valence-corrected chi connectivity index (χ0v) is 16.9. The lowest BCUT2D eigenvalue weighted by molar-refractivity contribution is 0.102. The average molecular weight is 387 g/mol. The Morgan fingerprint density at radius 3 is 2.37 bits per heavy atom. The van der Waals surface area contributed by atoms with E-state index in [1.165, 1.54) is 0 Å². The smallest absolute Gasteiger partial charge is 0.255 e. The first-order valence-electron chi connectivity index (χ1n) is 9.04. The maximum Gasteiger partial charge on any atom is 0.255 e. The lowest BCUT2D eigenvalue weighted by Crippen LogP contribution is -2.32. The maximum absolute atomic E-state index is 12.9. The van der Waals surface area contributed by atoms with Gasteiger partial charge < -0.3 is 14.8 Å². The van der Waals surface area contributed by atoms with E-state index >= 15 is 0 Å². The van der Waals surface area contributed by atoms with Crippen LogP contribution in [0.3, 0.4) is 0 Å². The quantitative estimate of drug-likeness (QED) is 0.818. The Morgan fingerprint density at radius 2 is 1.74 bits per heavy atom. The molecule has 0 radical (unpaired) electrons. The number of amides is 1. The molecule has 27 heavy (non-hydrogen) atoms. The Morgan fingerprint density at radius 1 is 1.11 bits per heavy atom. The highest BCUT2D eigenvalue weighted by atomic mass is 32.2. The minimum absolute atomic E-state index is 0.173. The van der Waals surface area contributed by atoms with E-state index in [1.807, 2.05) is 36.9 Å². The zero-order chi connectivity index (χ0) is 19.2. The van der Waals surface area contributed by atoms with E-state index in [-0.39, 0.29) is 5.91 Å². The second-order valence-electron chi connectivity index (χ2n) is 6.51. The van der Waals surface area contributed by atoms with Gasteiger partial charge in [0, 0.05) is 48.0 Å². The van der Waals surface area contributed by atoms with Gasteiger partial charge in [-0.05, 0) is 30.7 Å². The Labute approximate surface area is 165 Å². The molecule has 1 fully saturated rings. The summed E-state index contributed by atoms with van der Waals surface area (Å²) in [5.41, 5.74) is 3.36. The Bertz CT molecular complexity index is 779. The van der Waals surface area contributed by atoms with Crippen molar-refractivity contribution in [1.29, 1.82) is 0 Å². The van der Waals surface area contributed by atoms with Gasteiger partial charge in [-0.15, -0.1) is 0 Å². The van der Waals surface area contributed by atoms with E-state index in [0.717, 1.165) is 48.0 Å². The molecule has 5 nitrogen and oxygen atoms in total. The van der Waals surface area contributed by atoms with Crippen molar-refractivity contribution < 1.29 is 14.3 Å². The summed E-state index contributed by atoms with van der Waals surface area (Å²) in [6.07, 6.45) is 0. The summed E-state index contributed by atoms with van der Waals surface area (Å²) >= 11 is 1.99. The second-order valence-corrected chi connectivity index (χ2v) is 7.73. The number of benzene rings is 2. The van der Waals surface area contributed by atoms with E-state index in [1.54, 1.807) is 26.4 Å². The SMILES string of the molecule is COc1cc(C(=O)Nc2ccccc2CN2CCSCC2)cc(OC)c1C. The van der Waals surface area contributed by atoms with Crippen LogP contribution in [0.25, 0.3) is 0 Å². The van der Waals surface area contributed by atoms with E-state index in [0.29, 0.717) is 17.1 Å². The van der Waals surface area contributed by atoms with E-state index in [4.69, 9.17) is 9.47 Å². The third-order valence-electron chi connectivity index (χ3n) is 4.78. The van der Waals surface area contributed by atoms with Crippen molar-refractivity contribution in [3.05, 3.63) is 53.1 Å². The predicted octanol–water partition coefficient (Wildman–Crippen LogP) is 3.81. The van der Waals surface area contributed by atoms with Gasteiger partial charge in [-0.3, -0.25) is 9.69 Å². The highest BCUT2D eigenvalue weighted by molar-refractivity contribution is 7.99. The van der Waals surface area contributed by atoms with E-state index in [9.17, 15) is 4.79 Å². The first kappa shape index (κ1) is 19.6. The standard InChI is InChI=1S/C21H26N2O3S/c1-15-19(25-2)12-17(13-20(15)26-3)21(24)22-18-7-5-4-6-16(18)14-23-8-10-27-11-9-23/h4-7,12-13H,8-11,14H2,1-3H3,(H,22,24). The van der Waals surface area contributed by atoms with Crippen molar-refractivity contribution in [3.8, 4) is 11.5 Å². The fourth-order valence-electron chi connectivity index (χ4n) is 3.19. The van der Waals surface area contributed by atoms with Crippen LogP contribution >= 0.6 is 11.8 Å². The van der Waals surface area contributed by atoms with E-state index in [2.05, 4.69) is 16.3 Å². The van der Waals surface area contributed by atoms with Gasteiger partial charge in [0.2, 0.25) is 0 Å². The van der Waals surface area contributed by atoms with Gasteiger partial charge >= 0.3 is 0 Å². The molecule has 1 saturated heterocycles. The van der Waals surface area contributed by atoms with Crippen LogP contribution in [0.4, 0.5) is 5.69 Å².